The number of nitrogens with one attached hydrogen (secondary N) is 1. The van der Waals surface area contributed by atoms with Gasteiger partial charge in [0.05, 0.1) is 11.9 Å². The average molecular weight is 261 g/mol. The molecule has 0 spiro atoms. The van der Waals surface area contributed by atoms with Crippen molar-refractivity contribution in [1.82, 2.24) is 9.88 Å². The van der Waals surface area contributed by atoms with Gasteiger partial charge in [-0.15, -0.1) is 0 Å². The van der Waals surface area contributed by atoms with Crippen molar-refractivity contribution in [3.63, 3.8) is 0 Å². The third kappa shape index (κ3) is 3.53. The fourth-order valence-electron chi connectivity index (χ4n) is 2.42. The molecule has 2 rings (SSSR count). The first-order valence-corrected chi connectivity index (χ1v) is 6.66. The van der Waals surface area contributed by atoms with Crippen molar-refractivity contribution < 1.29 is 9.59 Å². The van der Waals surface area contributed by atoms with E-state index in [1.807, 2.05) is 0 Å². The van der Waals surface area contributed by atoms with Crippen molar-refractivity contribution in [3.05, 3.63) is 24.5 Å². The molecule has 0 saturated heterocycles. The van der Waals surface area contributed by atoms with Crippen LogP contribution in [0.3, 0.4) is 0 Å². The summed E-state index contributed by atoms with van der Waals surface area (Å²) in [7, 11) is 1.71. The summed E-state index contributed by atoms with van der Waals surface area (Å²) in [5.41, 5.74) is 0.540. The molecule has 5 heteroatoms. The maximum absolute atomic E-state index is 12.0. The molecule has 1 aliphatic rings. The van der Waals surface area contributed by atoms with Crippen molar-refractivity contribution in [2.75, 3.05) is 12.4 Å². The number of rotatable bonds is 2. The highest BCUT2D eigenvalue weighted by atomic mass is 16.2. The summed E-state index contributed by atoms with van der Waals surface area (Å²) >= 11 is 0. The van der Waals surface area contributed by atoms with Gasteiger partial charge in [0.15, 0.2) is 0 Å². The van der Waals surface area contributed by atoms with Gasteiger partial charge in [0.1, 0.15) is 0 Å². The van der Waals surface area contributed by atoms with Crippen LogP contribution in [0.2, 0.25) is 0 Å². The van der Waals surface area contributed by atoms with Crippen LogP contribution in [0.15, 0.2) is 24.5 Å². The molecule has 1 N–H and O–H groups in total. The Balaban J connectivity index is 1.93. The summed E-state index contributed by atoms with van der Waals surface area (Å²) in [6.07, 6.45) is 8.60. The highest BCUT2D eigenvalue weighted by Crippen LogP contribution is 2.21. The van der Waals surface area contributed by atoms with Gasteiger partial charge >= 0.3 is 11.8 Å². The van der Waals surface area contributed by atoms with Crippen molar-refractivity contribution >= 4 is 17.5 Å². The molecule has 0 aliphatic heterocycles. The van der Waals surface area contributed by atoms with Gasteiger partial charge < -0.3 is 10.2 Å². The molecule has 1 heterocycles. The first kappa shape index (κ1) is 13.5. The van der Waals surface area contributed by atoms with E-state index in [0.29, 0.717) is 5.69 Å². The van der Waals surface area contributed by atoms with Gasteiger partial charge in [-0.3, -0.25) is 14.6 Å². The average Bonchev–Trinajstić information content (AvgIpc) is 2.47. The highest BCUT2D eigenvalue weighted by Gasteiger charge is 2.26. The molecule has 0 radical (unpaired) electrons. The third-order valence-corrected chi connectivity index (χ3v) is 3.56. The summed E-state index contributed by atoms with van der Waals surface area (Å²) in [5.74, 6) is -1.07. The standard InChI is InChI=1S/C14H19N3O2/c1-17(12-7-3-2-4-8-12)14(19)13(18)16-11-6-5-9-15-10-11/h5-6,9-10,12H,2-4,7-8H2,1H3,(H,16,18). The second-order valence-electron chi connectivity index (χ2n) is 4.90. The van der Waals surface area contributed by atoms with Crippen LogP contribution in [0.5, 0.6) is 0 Å². The summed E-state index contributed by atoms with van der Waals surface area (Å²) < 4.78 is 0. The van der Waals surface area contributed by atoms with Gasteiger partial charge in [0, 0.05) is 19.3 Å². The van der Waals surface area contributed by atoms with Gasteiger partial charge in [-0.2, -0.15) is 0 Å². The van der Waals surface area contributed by atoms with E-state index in [-0.39, 0.29) is 6.04 Å². The summed E-state index contributed by atoms with van der Waals surface area (Å²) in [6.45, 7) is 0. The van der Waals surface area contributed by atoms with E-state index in [1.165, 1.54) is 12.6 Å². The van der Waals surface area contributed by atoms with Crippen LogP contribution in [0.4, 0.5) is 5.69 Å². The van der Waals surface area contributed by atoms with E-state index in [1.54, 1.807) is 30.3 Å². The van der Waals surface area contributed by atoms with E-state index in [0.717, 1.165) is 25.7 Å². The normalized spacial score (nSPS) is 15.8. The quantitative estimate of drug-likeness (QED) is 0.826. The number of likely N-dealkylation sites (N-methyl/N-ethyl adjacent to an activating group) is 1. The molecule has 0 atom stereocenters. The Labute approximate surface area is 113 Å². The lowest BCUT2D eigenvalue weighted by atomic mass is 9.94. The number of hydrogen-bond acceptors (Lipinski definition) is 3. The number of hydrogen-bond donors (Lipinski definition) is 1. The molecular formula is C14H19N3O2. The van der Waals surface area contributed by atoms with Gasteiger partial charge in [-0.1, -0.05) is 19.3 Å². The van der Waals surface area contributed by atoms with E-state index in [4.69, 9.17) is 0 Å². The topological polar surface area (TPSA) is 62.3 Å². The van der Waals surface area contributed by atoms with Crippen molar-refractivity contribution in [3.8, 4) is 0 Å². The first-order chi connectivity index (χ1) is 9.18. The van der Waals surface area contributed by atoms with Crippen molar-refractivity contribution in [1.29, 1.82) is 0 Å². The lowest BCUT2D eigenvalue weighted by Gasteiger charge is -2.30. The fourth-order valence-corrected chi connectivity index (χ4v) is 2.42. The lowest BCUT2D eigenvalue weighted by molar-refractivity contribution is -0.144. The van der Waals surface area contributed by atoms with Crippen LogP contribution >= 0.6 is 0 Å². The number of pyridine rings is 1. The van der Waals surface area contributed by atoms with E-state index < -0.39 is 11.8 Å². The zero-order valence-electron chi connectivity index (χ0n) is 11.1. The second kappa shape index (κ2) is 6.31. The molecular weight excluding hydrogens is 242 g/mol. The fraction of sp³-hybridized carbons (Fsp3) is 0.500. The van der Waals surface area contributed by atoms with Crippen LogP contribution in [-0.4, -0.2) is 34.8 Å². The molecule has 1 aromatic heterocycles. The maximum atomic E-state index is 12.0. The molecule has 1 fully saturated rings. The minimum Gasteiger partial charge on any atom is -0.335 e. The molecule has 19 heavy (non-hydrogen) atoms. The maximum Gasteiger partial charge on any atom is 0.313 e. The Morgan fingerprint density at radius 2 is 2.05 bits per heavy atom. The van der Waals surface area contributed by atoms with Crippen LogP contribution in [0.1, 0.15) is 32.1 Å². The first-order valence-electron chi connectivity index (χ1n) is 6.66. The van der Waals surface area contributed by atoms with Crippen molar-refractivity contribution in [2.45, 2.75) is 38.1 Å². The van der Waals surface area contributed by atoms with Gasteiger partial charge in [-0.25, -0.2) is 0 Å². The van der Waals surface area contributed by atoms with Crippen LogP contribution in [-0.2, 0) is 9.59 Å². The van der Waals surface area contributed by atoms with E-state index in [9.17, 15) is 9.59 Å². The lowest BCUT2D eigenvalue weighted by Crippen LogP contribution is -2.44. The molecule has 102 valence electrons. The third-order valence-electron chi connectivity index (χ3n) is 3.56. The number of aromatic nitrogens is 1. The monoisotopic (exact) mass is 261 g/mol. The molecule has 0 bridgehead atoms. The predicted molar refractivity (Wildman–Crippen MR) is 72.5 cm³/mol. The smallest absolute Gasteiger partial charge is 0.313 e. The minimum atomic E-state index is -0.596. The predicted octanol–water partition coefficient (Wildman–Crippen LogP) is 1.81. The summed E-state index contributed by atoms with van der Waals surface area (Å²) in [6, 6.07) is 3.62. The molecule has 1 aliphatic carbocycles. The number of amides is 2. The van der Waals surface area contributed by atoms with Crippen LogP contribution in [0.25, 0.3) is 0 Å². The molecule has 2 amide bonds. The molecule has 0 unspecified atom stereocenters. The van der Waals surface area contributed by atoms with E-state index >= 15 is 0 Å². The largest absolute Gasteiger partial charge is 0.335 e. The number of carbonyl (C=O) groups excluding carboxylic acids is 2. The summed E-state index contributed by atoms with van der Waals surface area (Å²) in [4.78, 5) is 29.4. The Bertz CT molecular complexity index is 441. The molecule has 5 nitrogen and oxygen atoms in total. The van der Waals surface area contributed by atoms with Crippen LogP contribution < -0.4 is 5.32 Å². The second-order valence-corrected chi connectivity index (χ2v) is 4.90. The Kier molecular flexibility index (Phi) is 4.49. The molecule has 1 saturated carbocycles. The molecule has 0 aromatic carbocycles. The highest BCUT2D eigenvalue weighted by molar-refractivity contribution is 6.39. The Morgan fingerprint density at radius 3 is 2.68 bits per heavy atom. The SMILES string of the molecule is CN(C(=O)C(=O)Nc1cccnc1)C1CCCCC1. The Morgan fingerprint density at radius 1 is 1.32 bits per heavy atom. The number of anilines is 1. The summed E-state index contributed by atoms with van der Waals surface area (Å²) in [5, 5.41) is 2.57. The minimum absolute atomic E-state index is 0.195. The zero-order chi connectivity index (χ0) is 13.7. The molecule has 1 aromatic rings. The zero-order valence-corrected chi connectivity index (χ0v) is 11.1. The van der Waals surface area contributed by atoms with Gasteiger partial charge in [0.25, 0.3) is 0 Å². The van der Waals surface area contributed by atoms with Gasteiger partial charge in [0.2, 0.25) is 0 Å². The number of carbonyl (C=O) groups is 2. The number of nitrogens with zero attached hydrogens (tertiary/aromatic N) is 2. The van der Waals surface area contributed by atoms with Crippen LogP contribution in [0, 0.1) is 0 Å². The Hall–Kier alpha value is -1.91. The van der Waals surface area contributed by atoms with E-state index in [2.05, 4.69) is 10.3 Å². The van der Waals surface area contributed by atoms with Crippen molar-refractivity contribution in [2.24, 2.45) is 0 Å². The van der Waals surface area contributed by atoms with Gasteiger partial charge in [-0.05, 0) is 25.0 Å².